The first-order valence-electron chi connectivity index (χ1n) is 5.58. The van der Waals surface area contributed by atoms with Crippen molar-refractivity contribution in [2.75, 3.05) is 0 Å². The zero-order valence-corrected chi connectivity index (χ0v) is 11.4. The van der Waals surface area contributed by atoms with E-state index in [0.717, 1.165) is 11.6 Å². The highest BCUT2D eigenvalue weighted by atomic mass is 79.9. The van der Waals surface area contributed by atoms with Crippen LogP contribution in [-0.2, 0) is 0 Å². The van der Waals surface area contributed by atoms with Crippen LogP contribution in [0.5, 0.6) is 0 Å². The van der Waals surface area contributed by atoms with Crippen molar-refractivity contribution in [3.63, 3.8) is 0 Å². The SMILES string of the molecule is CC(c1ccncc1)C(Br)c1ccc(F)cc1F. The van der Waals surface area contributed by atoms with Crippen LogP contribution in [0.25, 0.3) is 0 Å². The fraction of sp³-hybridized carbons (Fsp3) is 0.214. The zero-order valence-electron chi connectivity index (χ0n) is 9.78. The van der Waals surface area contributed by atoms with E-state index in [1.165, 1.54) is 12.1 Å². The summed E-state index contributed by atoms with van der Waals surface area (Å²) in [7, 11) is 0. The van der Waals surface area contributed by atoms with Crippen molar-refractivity contribution in [1.82, 2.24) is 4.98 Å². The lowest BCUT2D eigenvalue weighted by molar-refractivity contribution is 0.564. The van der Waals surface area contributed by atoms with E-state index in [4.69, 9.17) is 0 Å². The molecule has 0 aliphatic carbocycles. The van der Waals surface area contributed by atoms with E-state index in [9.17, 15) is 8.78 Å². The number of aromatic nitrogens is 1. The molecule has 0 saturated carbocycles. The Labute approximate surface area is 113 Å². The predicted molar refractivity (Wildman–Crippen MR) is 70.7 cm³/mol. The maximum absolute atomic E-state index is 13.7. The van der Waals surface area contributed by atoms with Crippen molar-refractivity contribution < 1.29 is 8.78 Å². The number of rotatable bonds is 3. The summed E-state index contributed by atoms with van der Waals surface area (Å²) < 4.78 is 26.6. The van der Waals surface area contributed by atoms with Gasteiger partial charge in [0, 0.05) is 28.9 Å². The van der Waals surface area contributed by atoms with Gasteiger partial charge in [0.25, 0.3) is 0 Å². The average molecular weight is 312 g/mol. The predicted octanol–water partition coefficient (Wildman–Crippen LogP) is 4.60. The van der Waals surface area contributed by atoms with E-state index in [2.05, 4.69) is 20.9 Å². The van der Waals surface area contributed by atoms with Crippen LogP contribution in [0.15, 0.2) is 42.7 Å². The molecule has 4 heteroatoms. The highest BCUT2D eigenvalue weighted by molar-refractivity contribution is 9.09. The zero-order chi connectivity index (χ0) is 13.1. The minimum atomic E-state index is -0.562. The number of hydrogen-bond acceptors (Lipinski definition) is 1. The lowest BCUT2D eigenvalue weighted by Gasteiger charge is -2.19. The molecule has 1 nitrogen and oxygen atoms in total. The smallest absolute Gasteiger partial charge is 0.130 e. The molecule has 18 heavy (non-hydrogen) atoms. The fourth-order valence-electron chi connectivity index (χ4n) is 1.83. The van der Waals surface area contributed by atoms with Crippen LogP contribution in [0.1, 0.15) is 28.8 Å². The molecule has 0 bridgehead atoms. The van der Waals surface area contributed by atoms with Crippen LogP contribution in [0, 0.1) is 11.6 Å². The molecule has 2 aromatic rings. The summed E-state index contributed by atoms with van der Waals surface area (Å²) >= 11 is 3.48. The Morgan fingerprint density at radius 3 is 2.39 bits per heavy atom. The van der Waals surface area contributed by atoms with Crippen molar-refractivity contribution in [2.45, 2.75) is 17.7 Å². The Balaban J connectivity index is 2.28. The fourth-order valence-corrected chi connectivity index (χ4v) is 2.51. The van der Waals surface area contributed by atoms with Gasteiger partial charge in [0.05, 0.1) is 0 Å². The molecule has 0 radical (unpaired) electrons. The van der Waals surface area contributed by atoms with Gasteiger partial charge in [-0.2, -0.15) is 0 Å². The summed E-state index contributed by atoms with van der Waals surface area (Å²) in [5, 5.41) is 0. The van der Waals surface area contributed by atoms with Gasteiger partial charge in [-0.3, -0.25) is 4.98 Å². The van der Waals surface area contributed by atoms with Crippen LogP contribution < -0.4 is 0 Å². The molecule has 2 atom stereocenters. The summed E-state index contributed by atoms with van der Waals surface area (Å²) in [6.45, 7) is 1.98. The number of benzene rings is 1. The second-order valence-electron chi connectivity index (χ2n) is 4.14. The largest absolute Gasteiger partial charge is 0.265 e. The van der Waals surface area contributed by atoms with Crippen LogP contribution in [0.2, 0.25) is 0 Å². The molecule has 0 fully saturated rings. The molecule has 2 rings (SSSR count). The second kappa shape index (κ2) is 5.57. The summed E-state index contributed by atoms with van der Waals surface area (Å²) in [4.78, 5) is 3.74. The Bertz CT molecular complexity index is 531. The van der Waals surface area contributed by atoms with Gasteiger partial charge in [0.1, 0.15) is 11.6 Å². The van der Waals surface area contributed by atoms with Crippen molar-refractivity contribution in [2.24, 2.45) is 0 Å². The molecule has 1 aromatic carbocycles. The molecule has 94 valence electrons. The first kappa shape index (κ1) is 13.1. The molecule has 0 aliphatic rings. The maximum Gasteiger partial charge on any atom is 0.130 e. The third-order valence-corrected chi connectivity index (χ3v) is 4.22. The molecule has 2 unspecified atom stereocenters. The van der Waals surface area contributed by atoms with Gasteiger partial charge in [-0.05, 0) is 29.7 Å². The maximum atomic E-state index is 13.7. The molecule has 0 saturated heterocycles. The quantitative estimate of drug-likeness (QED) is 0.755. The van der Waals surface area contributed by atoms with E-state index in [1.54, 1.807) is 12.4 Å². The van der Waals surface area contributed by atoms with Gasteiger partial charge in [-0.15, -0.1) is 0 Å². The van der Waals surface area contributed by atoms with Crippen LogP contribution in [0.4, 0.5) is 8.78 Å². The van der Waals surface area contributed by atoms with Gasteiger partial charge in [0.15, 0.2) is 0 Å². The molecule has 1 heterocycles. The van der Waals surface area contributed by atoms with Crippen molar-refractivity contribution >= 4 is 15.9 Å². The Hall–Kier alpha value is -1.29. The number of halogens is 3. The lowest BCUT2D eigenvalue weighted by atomic mass is 9.94. The third kappa shape index (κ3) is 2.75. The van der Waals surface area contributed by atoms with Crippen LogP contribution in [0.3, 0.4) is 0 Å². The van der Waals surface area contributed by atoms with E-state index < -0.39 is 11.6 Å². The standard InChI is InChI=1S/C14H12BrF2N/c1-9(10-4-6-18-7-5-10)14(15)12-3-2-11(16)8-13(12)17/h2-9,14H,1H3. The van der Waals surface area contributed by atoms with Gasteiger partial charge in [-0.25, -0.2) is 8.78 Å². The monoisotopic (exact) mass is 311 g/mol. The summed E-state index contributed by atoms with van der Waals surface area (Å²) in [6, 6.07) is 7.43. The minimum absolute atomic E-state index is 0.0629. The molecular weight excluding hydrogens is 300 g/mol. The Morgan fingerprint density at radius 1 is 1.11 bits per heavy atom. The van der Waals surface area contributed by atoms with E-state index in [1.807, 2.05) is 19.1 Å². The molecule has 0 spiro atoms. The molecule has 0 N–H and O–H groups in total. The molecule has 0 aliphatic heterocycles. The van der Waals surface area contributed by atoms with Gasteiger partial charge >= 0.3 is 0 Å². The van der Waals surface area contributed by atoms with E-state index in [-0.39, 0.29) is 10.7 Å². The number of alkyl halides is 1. The number of hydrogen-bond donors (Lipinski definition) is 0. The van der Waals surface area contributed by atoms with Gasteiger partial charge in [0.2, 0.25) is 0 Å². The third-order valence-electron chi connectivity index (χ3n) is 2.93. The Kier molecular flexibility index (Phi) is 4.07. The Morgan fingerprint density at radius 2 is 1.78 bits per heavy atom. The molecule has 0 amide bonds. The molecule has 1 aromatic heterocycles. The summed E-state index contributed by atoms with van der Waals surface area (Å²) in [5.41, 5.74) is 1.51. The second-order valence-corrected chi connectivity index (χ2v) is 5.12. The first-order valence-corrected chi connectivity index (χ1v) is 6.50. The van der Waals surface area contributed by atoms with E-state index in [0.29, 0.717) is 5.56 Å². The molecular formula is C14H12BrF2N. The first-order chi connectivity index (χ1) is 8.59. The van der Waals surface area contributed by atoms with Crippen molar-refractivity contribution in [3.8, 4) is 0 Å². The number of pyridine rings is 1. The van der Waals surface area contributed by atoms with Crippen molar-refractivity contribution in [3.05, 3.63) is 65.5 Å². The van der Waals surface area contributed by atoms with Gasteiger partial charge in [-0.1, -0.05) is 28.9 Å². The van der Waals surface area contributed by atoms with Crippen LogP contribution >= 0.6 is 15.9 Å². The lowest BCUT2D eigenvalue weighted by Crippen LogP contribution is -2.04. The number of nitrogens with zero attached hydrogens (tertiary/aromatic N) is 1. The highest BCUT2D eigenvalue weighted by Crippen LogP contribution is 2.38. The van der Waals surface area contributed by atoms with Crippen molar-refractivity contribution in [1.29, 1.82) is 0 Å². The van der Waals surface area contributed by atoms with Gasteiger partial charge < -0.3 is 0 Å². The topological polar surface area (TPSA) is 12.9 Å². The van der Waals surface area contributed by atoms with E-state index >= 15 is 0 Å². The minimum Gasteiger partial charge on any atom is -0.265 e. The highest BCUT2D eigenvalue weighted by Gasteiger charge is 2.21. The summed E-state index contributed by atoms with van der Waals surface area (Å²) in [5.74, 6) is -1.03. The summed E-state index contributed by atoms with van der Waals surface area (Å²) in [6.07, 6.45) is 3.40. The van der Waals surface area contributed by atoms with Crippen LogP contribution in [-0.4, -0.2) is 4.98 Å². The normalized spacial score (nSPS) is 14.2. The average Bonchev–Trinajstić information content (AvgIpc) is 2.38.